The lowest BCUT2D eigenvalue weighted by Crippen LogP contribution is -2.38. The van der Waals surface area contributed by atoms with Crippen LogP contribution in [0.3, 0.4) is 0 Å². The first-order valence-corrected chi connectivity index (χ1v) is 3.26. The van der Waals surface area contributed by atoms with Crippen LogP contribution < -0.4 is 5.32 Å². The van der Waals surface area contributed by atoms with Gasteiger partial charge in [-0.2, -0.15) is 0 Å². The molecule has 0 aliphatic rings. The molecule has 1 N–H and O–H groups in total. The van der Waals surface area contributed by atoms with Gasteiger partial charge in [-0.15, -0.1) is 6.58 Å². The van der Waals surface area contributed by atoms with Crippen LogP contribution >= 0.6 is 0 Å². The van der Waals surface area contributed by atoms with E-state index in [4.69, 9.17) is 0 Å². The van der Waals surface area contributed by atoms with Gasteiger partial charge in [-0.3, -0.25) is 0 Å². The van der Waals surface area contributed by atoms with Crippen molar-refractivity contribution in [2.75, 3.05) is 20.1 Å². The number of rotatable bonds is 4. The Bertz CT molecular complexity index is 157. The van der Waals surface area contributed by atoms with E-state index < -0.39 is 0 Å². The lowest BCUT2D eigenvalue weighted by atomic mass is 10.6. The predicted octanol–water partition coefficient (Wildman–Crippen LogP) is 0.0127. The number of urea groups is 1. The van der Waals surface area contributed by atoms with E-state index in [-0.39, 0.29) is 12.6 Å². The van der Waals surface area contributed by atoms with Crippen LogP contribution in [0.5, 0.6) is 0 Å². The van der Waals surface area contributed by atoms with E-state index in [1.165, 1.54) is 4.90 Å². The molecule has 0 saturated heterocycles. The van der Waals surface area contributed by atoms with Crippen LogP contribution in [0, 0.1) is 0 Å². The van der Waals surface area contributed by atoms with Gasteiger partial charge in [-0.05, 0) is 0 Å². The highest BCUT2D eigenvalue weighted by atomic mass is 16.2. The normalized spacial score (nSPS) is 8.45. The van der Waals surface area contributed by atoms with Crippen molar-refractivity contribution in [3.63, 3.8) is 0 Å². The molecule has 0 aromatic rings. The lowest BCUT2D eigenvalue weighted by molar-refractivity contribution is -0.108. The van der Waals surface area contributed by atoms with E-state index in [0.29, 0.717) is 12.8 Å². The monoisotopic (exact) mass is 156 g/mol. The summed E-state index contributed by atoms with van der Waals surface area (Å²) in [5.41, 5.74) is 0. The summed E-state index contributed by atoms with van der Waals surface area (Å²) in [6, 6.07) is -0.267. The second kappa shape index (κ2) is 5.46. The Morgan fingerprint density at radius 3 is 2.82 bits per heavy atom. The van der Waals surface area contributed by atoms with Crippen molar-refractivity contribution < 1.29 is 9.59 Å². The molecule has 62 valence electrons. The second-order valence-electron chi connectivity index (χ2n) is 2.02. The first-order valence-electron chi connectivity index (χ1n) is 3.26. The number of aldehydes is 1. The molecular formula is C7H12N2O2. The van der Waals surface area contributed by atoms with Gasteiger partial charge in [0.05, 0.1) is 6.54 Å². The van der Waals surface area contributed by atoms with E-state index in [1.54, 1.807) is 13.1 Å². The number of carbonyl (C=O) groups is 2. The SMILES string of the molecule is C=CCNC(=O)N(C)CC=O. The van der Waals surface area contributed by atoms with Crippen LogP contribution in [0.1, 0.15) is 0 Å². The Balaban J connectivity index is 3.62. The summed E-state index contributed by atoms with van der Waals surface area (Å²) in [6.07, 6.45) is 2.25. The molecule has 0 spiro atoms. The number of likely N-dealkylation sites (N-methyl/N-ethyl adjacent to an activating group) is 1. The zero-order valence-electron chi connectivity index (χ0n) is 6.54. The van der Waals surface area contributed by atoms with Gasteiger partial charge in [0.15, 0.2) is 0 Å². The van der Waals surface area contributed by atoms with Crippen molar-refractivity contribution in [1.82, 2.24) is 10.2 Å². The maximum absolute atomic E-state index is 10.9. The fourth-order valence-electron chi connectivity index (χ4n) is 0.489. The highest BCUT2D eigenvalue weighted by Gasteiger charge is 2.03. The molecule has 0 aliphatic carbocycles. The molecule has 0 heterocycles. The molecular weight excluding hydrogens is 144 g/mol. The van der Waals surface area contributed by atoms with E-state index >= 15 is 0 Å². The molecule has 0 bridgehead atoms. The third-order valence-electron chi connectivity index (χ3n) is 1.09. The third kappa shape index (κ3) is 4.13. The van der Waals surface area contributed by atoms with Gasteiger partial charge in [0.2, 0.25) is 0 Å². The Morgan fingerprint density at radius 1 is 1.73 bits per heavy atom. The van der Waals surface area contributed by atoms with E-state index in [0.717, 1.165) is 0 Å². The van der Waals surface area contributed by atoms with Crippen LogP contribution in [0.2, 0.25) is 0 Å². The summed E-state index contributed by atoms with van der Waals surface area (Å²) in [4.78, 5) is 22.1. The maximum atomic E-state index is 10.9. The quantitative estimate of drug-likeness (QED) is 0.460. The van der Waals surface area contributed by atoms with E-state index in [1.807, 2.05) is 0 Å². The van der Waals surface area contributed by atoms with Gasteiger partial charge in [-0.25, -0.2) is 4.79 Å². The van der Waals surface area contributed by atoms with Gasteiger partial charge in [0, 0.05) is 13.6 Å². The average molecular weight is 156 g/mol. The zero-order chi connectivity index (χ0) is 8.69. The van der Waals surface area contributed by atoms with Crippen LogP contribution in [0.25, 0.3) is 0 Å². The topological polar surface area (TPSA) is 49.4 Å². The van der Waals surface area contributed by atoms with Gasteiger partial charge in [-0.1, -0.05) is 6.08 Å². The number of amides is 2. The van der Waals surface area contributed by atoms with Crippen molar-refractivity contribution >= 4 is 12.3 Å². The number of hydrogen-bond acceptors (Lipinski definition) is 2. The molecule has 0 aromatic heterocycles. The summed E-state index contributed by atoms with van der Waals surface area (Å²) in [5, 5.41) is 2.53. The minimum atomic E-state index is -0.267. The standard InChI is InChI=1S/C7H12N2O2/c1-3-4-8-7(11)9(2)5-6-10/h3,6H,1,4-5H2,2H3,(H,8,11). The predicted molar refractivity (Wildman–Crippen MR) is 42.3 cm³/mol. The Labute approximate surface area is 65.9 Å². The first kappa shape index (κ1) is 9.68. The van der Waals surface area contributed by atoms with Crippen molar-refractivity contribution in [2.45, 2.75) is 0 Å². The Hall–Kier alpha value is -1.32. The fraction of sp³-hybridized carbons (Fsp3) is 0.429. The summed E-state index contributed by atoms with van der Waals surface area (Å²) in [7, 11) is 1.55. The highest BCUT2D eigenvalue weighted by molar-refractivity contribution is 5.76. The molecule has 2 amide bonds. The summed E-state index contributed by atoms with van der Waals surface area (Å²) >= 11 is 0. The second-order valence-corrected chi connectivity index (χ2v) is 2.02. The van der Waals surface area contributed by atoms with Crippen molar-refractivity contribution in [3.8, 4) is 0 Å². The highest BCUT2D eigenvalue weighted by Crippen LogP contribution is 1.80. The Morgan fingerprint density at radius 2 is 2.36 bits per heavy atom. The average Bonchev–Trinajstić information content (AvgIpc) is 2.00. The van der Waals surface area contributed by atoms with Crippen molar-refractivity contribution in [2.24, 2.45) is 0 Å². The fourth-order valence-corrected chi connectivity index (χ4v) is 0.489. The minimum absolute atomic E-state index is 0.114. The summed E-state index contributed by atoms with van der Waals surface area (Å²) in [6.45, 7) is 3.97. The zero-order valence-corrected chi connectivity index (χ0v) is 6.54. The number of nitrogens with zero attached hydrogens (tertiary/aromatic N) is 1. The first-order chi connectivity index (χ1) is 5.22. The van der Waals surface area contributed by atoms with Crippen LogP contribution in [-0.4, -0.2) is 37.4 Å². The molecule has 0 saturated carbocycles. The molecule has 0 fully saturated rings. The molecule has 0 radical (unpaired) electrons. The molecule has 0 aromatic carbocycles. The molecule has 4 nitrogen and oxygen atoms in total. The van der Waals surface area contributed by atoms with Crippen LogP contribution in [0.4, 0.5) is 4.79 Å². The molecule has 0 rings (SSSR count). The maximum Gasteiger partial charge on any atom is 0.317 e. The number of carbonyl (C=O) groups excluding carboxylic acids is 2. The number of nitrogens with one attached hydrogen (secondary N) is 1. The number of hydrogen-bond donors (Lipinski definition) is 1. The molecule has 4 heteroatoms. The van der Waals surface area contributed by atoms with Crippen molar-refractivity contribution in [3.05, 3.63) is 12.7 Å². The van der Waals surface area contributed by atoms with E-state index in [2.05, 4.69) is 11.9 Å². The van der Waals surface area contributed by atoms with E-state index in [9.17, 15) is 9.59 Å². The summed E-state index contributed by atoms with van der Waals surface area (Å²) < 4.78 is 0. The summed E-state index contributed by atoms with van der Waals surface area (Å²) in [5.74, 6) is 0. The molecule has 0 unspecified atom stereocenters. The largest absolute Gasteiger partial charge is 0.335 e. The third-order valence-corrected chi connectivity index (χ3v) is 1.09. The van der Waals surface area contributed by atoms with Gasteiger partial charge in [0.1, 0.15) is 6.29 Å². The smallest absolute Gasteiger partial charge is 0.317 e. The van der Waals surface area contributed by atoms with Crippen LogP contribution in [0.15, 0.2) is 12.7 Å². The van der Waals surface area contributed by atoms with Gasteiger partial charge >= 0.3 is 6.03 Å². The van der Waals surface area contributed by atoms with Crippen LogP contribution in [-0.2, 0) is 4.79 Å². The molecule has 0 atom stereocenters. The lowest BCUT2D eigenvalue weighted by Gasteiger charge is -2.13. The molecule has 11 heavy (non-hydrogen) atoms. The Kier molecular flexibility index (Phi) is 4.81. The molecule has 0 aliphatic heterocycles. The van der Waals surface area contributed by atoms with Gasteiger partial charge in [0.25, 0.3) is 0 Å². The minimum Gasteiger partial charge on any atom is -0.335 e. The van der Waals surface area contributed by atoms with Gasteiger partial charge < -0.3 is 15.0 Å². The van der Waals surface area contributed by atoms with Crippen molar-refractivity contribution in [1.29, 1.82) is 0 Å².